The van der Waals surface area contributed by atoms with Crippen molar-refractivity contribution in [3.05, 3.63) is 125 Å². The van der Waals surface area contributed by atoms with Crippen LogP contribution in [0.25, 0.3) is 11.1 Å². The summed E-state index contributed by atoms with van der Waals surface area (Å²) in [4.78, 5) is 0.228. The first kappa shape index (κ1) is 32.0. The summed E-state index contributed by atoms with van der Waals surface area (Å²) in [5.41, 5.74) is 5.45. The summed E-state index contributed by atoms with van der Waals surface area (Å²) in [6.07, 6.45) is -1.03. The third kappa shape index (κ3) is 7.22. The van der Waals surface area contributed by atoms with E-state index < -0.39 is 16.3 Å². The molecule has 1 aliphatic heterocycles. The molecule has 1 fully saturated rings. The van der Waals surface area contributed by atoms with Crippen molar-refractivity contribution in [1.82, 2.24) is 24.9 Å². The molecule has 0 radical (unpaired) electrons. The summed E-state index contributed by atoms with van der Waals surface area (Å²) >= 11 is 1.54. The number of hydrogen-bond donors (Lipinski definition) is 2. The second-order valence-corrected chi connectivity index (χ2v) is 13.9. The first-order valence-corrected chi connectivity index (χ1v) is 17.4. The van der Waals surface area contributed by atoms with Gasteiger partial charge in [0.15, 0.2) is 6.29 Å². The van der Waals surface area contributed by atoms with Crippen LogP contribution in [0.5, 0.6) is 0 Å². The van der Waals surface area contributed by atoms with Gasteiger partial charge < -0.3 is 14.6 Å². The highest BCUT2D eigenvalue weighted by Crippen LogP contribution is 2.43. The van der Waals surface area contributed by atoms with Crippen LogP contribution in [0.4, 0.5) is 0 Å². The van der Waals surface area contributed by atoms with E-state index in [-0.39, 0.29) is 36.2 Å². The largest absolute Gasteiger partial charge is 0.392 e. The molecule has 4 atom stereocenters. The van der Waals surface area contributed by atoms with E-state index in [2.05, 4.69) is 27.2 Å². The molecule has 0 amide bonds. The van der Waals surface area contributed by atoms with E-state index in [1.807, 2.05) is 79.8 Å². The Bertz CT molecular complexity index is 1850. The van der Waals surface area contributed by atoms with Crippen molar-refractivity contribution >= 4 is 21.8 Å². The van der Waals surface area contributed by atoms with Crippen molar-refractivity contribution in [3.63, 3.8) is 0 Å². The summed E-state index contributed by atoms with van der Waals surface area (Å²) < 4.78 is 43.2. The van der Waals surface area contributed by atoms with Gasteiger partial charge in [0.25, 0.3) is 0 Å². The fourth-order valence-corrected chi connectivity index (χ4v) is 7.48. The molecule has 0 aliphatic carbocycles. The normalized spacial score (nSPS) is 20.1. The van der Waals surface area contributed by atoms with E-state index in [9.17, 15) is 13.5 Å². The number of hydrogen-bond acceptors (Lipinski definition) is 9. The Balaban J connectivity index is 1.22. The van der Waals surface area contributed by atoms with Gasteiger partial charge in [-0.25, -0.2) is 17.8 Å². The average molecular weight is 658 g/mol. The second-order valence-electron chi connectivity index (χ2n) is 11.1. The van der Waals surface area contributed by atoms with Crippen molar-refractivity contribution in [2.24, 2.45) is 13.0 Å². The van der Waals surface area contributed by atoms with Gasteiger partial charge in [-0.05, 0) is 50.4 Å². The van der Waals surface area contributed by atoms with Crippen molar-refractivity contribution in [2.45, 2.75) is 48.6 Å². The Labute approximate surface area is 272 Å². The van der Waals surface area contributed by atoms with Crippen molar-refractivity contribution in [2.75, 3.05) is 5.75 Å². The van der Waals surface area contributed by atoms with Gasteiger partial charge in [-0.2, -0.15) is 0 Å². The first-order valence-electron chi connectivity index (χ1n) is 14.9. The van der Waals surface area contributed by atoms with Crippen molar-refractivity contribution in [3.8, 4) is 11.1 Å². The lowest BCUT2D eigenvalue weighted by molar-refractivity contribution is -0.268. The third-order valence-electron chi connectivity index (χ3n) is 8.10. The number of nitrogens with zero attached hydrogens (tertiary/aromatic N) is 4. The molecule has 46 heavy (non-hydrogen) atoms. The van der Waals surface area contributed by atoms with Crippen molar-refractivity contribution in [1.29, 1.82) is 0 Å². The highest BCUT2D eigenvalue weighted by Gasteiger charge is 2.38. The van der Waals surface area contributed by atoms with E-state index in [1.165, 1.54) is 11.8 Å². The van der Waals surface area contributed by atoms with Gasteiger partial charge in [0.05, 0.1) is 23.7 Å². The van der Waals surface area contributed by atoms with Crippen LogP contribution in [0.15, 0.2) is 113 Å². The first-order chi connectivity index (χ1) is 22.3. The van der Waals surface area contributed by atoms with Gasteiger partial charge in [0.1, 0.15) is 0 Å². The lowest BCUT2D eigenvalue weighted by atomic mass is 9.91. The van der Waals surface area contributed by atoms with Gasteiger partial charge in [-0.1, -0.05) is 110 Å². The number of tetrazole rings is 1. The van der Waals surface area contributed by atoms with Gasteiger partial charge >= 0.3 is 0 Å². The minimum absolute atomic E-state index is 0.0214. The van der Waals surface area contributed by atoms with E-state index in [1.54, 1.807) is 35.0 Å². The molecule has 4 aromatic carbocycles. The summed E-state index contributed by atoms with van der Waals surface area (Å²) in [7, 11) is -1.84. The molecule has 6 rings (SSSR count). The monoisotopic (exact) mass is 657 g/mol. The maximum absolute atomic E-state index is 12.9. The minimum Gasteiger partial charge on any atom is -0.392 e. The molecule has 12 heteroatoms. The van der Waals surface area contributed by atoms with Crippen LogP contribution in [0.1, 0.15) is 41.6 Å². The molecule has 238 valence electrons. The maximum Gasteiger partial charge on any atom is 0.240 e. The maximum atomic E-state index is 12.9. The fourth-order valence-electron chi connectivity index (χ4n) is 5.44. The Hall–Kier alpha value is -3.91. The number of sulfonamides is 1. The lowest BCUT2D eigenvalue weighted by Gasteiger charge is -2.41. The van der Waals surface area contributed by atoms with E-state index in [4.69, 9.17) is 9.47 Å². The molecular formula is C34H35N5O5S2. The number of aryl methyl sites for hydroxylation is 1. The number of thioether (sulfide) groups is 1. The Morgan fingerprint density at radius 2 is 1.59 bits per heavy atom. The van der Waals surface area contributed by atoms with Crippen LogP contribution in [-0.4, -0.2) is 45.6 Å². The van der Waals surface area contributed by atoms with Crippen molar-refractivity contribution < 1.29 is 23.0 Å². The van der Waals surface area contributed by atoms with Crippen LogP contribution in [0, 0.1) is 5.92 Å². The Kier molecular flexibility index (Phi) is 9.92. The van der Waals surface area contributed by atoms with Gasteiger partial charge in [0, 0.05) is 30.8 Å². The number of aliphatic hydroxyl groups excluding tert-OH is 1. The average Bonchev–Trinajstić information content (AvgIpc) is 3.52. The summed E-state index contributed by atoms with van der Waals surface area (Å²) in [5.74, 6) is 0.654. The standard InChI is InChI=1S/C34H35N5O5S2/c1-23-31(22-45-34-36-37-38-39(34)2)43-33(44-32(23)26-14-12-24(21-40)13-15-26)27-18-16-25(17-19-27)30-11-7-6-8-28(30)20-35-46(41,42)29-9-4-3-5-10-29/h3-19,23,31-33,35,40H,20-22H2,1-2H3. The van der Waals surface area contributed by atoms with Crippen LogP contribution < -0.4 is 4.72 Å². The van der Waals surface area contributed by atoms with Gasteiger partial charge in [0.2, 0.25) is 15.2 Å². The highest BCUT2D eigenvalue weighted by molar-refractivity contribution is 7.99. The SMILES string of the molecule is CC1C(CSc2nnnn2C)OC(c2ccc(-c3ccccc3CNS(=O)(=O)c3ccccc3)cc2)OC1c1ccc(CO)cc1. The predicted octanol–water partition coefficient (Wildman–Crippen LogP) is 5.43. The third-order valence-corrected chi connectivity index (χ3v) is 10.6. The summed E-state index contributed by atoms with van der Waals surface area (Å²) in [6.45, 7) is 2.25. The molecule has 1 aromatic heterocycles. The van der Waals surface area contributed by atoms with Gasteiger partial charge in [-0.15, -0.1) is 5.10 Å². The fraction of sp³-hybridized carbons (Fsp3) is 0.265. The molecule has 2 N–H and O–H groups in total. The van der Waals surface area contributed by atoms with Gasteiger partial charge in [-0.3, -0.25) is 0 Å². The zero-order valence-electron chi connectivity index (χ0n) is 25.4. The molecule has 4 unspecified atom stereocenters. The Morgan fingerprint density at radius 3 is 2.28 bits per heavy atom. The number of benzene rings is 4. The van der Waals surface area contributed by atoms with Crippen LogP contribution >= 0.6 is 11.8 Å². The van der Waals surface area contributed by atoms with Crippen LogP contribution in [-0.2, 0) is 39.7 Å². The molecular weight excluding hydrogens is 623 g/mol. The molecule has 10 nitrogen and oxygen atoms in total. The quantitative estimate of drug-likeness (QED) is 0.179. The van der Waals surface area contributed by atoms with E-state index >= 15 is 0 Å². The molecule has 2 heterocycles. The number of aromatic nitrogens is 4. The molecule has 0 spiro atoms. The molecule has 1 saturated heterocycles. The Morgan fingerprint density at radius 1 is 0.891 bits per heavy atom. The van der Waals surface area contributed by atoms with E-state index in [0.717, 1.165) is 33.4 Å². The number of nitrogens with one attached hydrogen (secondary N) is 1. The van der Waals surface area contributed by atoms with E-state index in [0.29, 0.717) is 10.9 Å². The number of aliphatic hydroxyl groups is 1. The number of ether oxygens (including phenoxy) is 2. The molecule has 1 aliphatic rings. The second kappa shape index (κ2) is 14.2. The van der Waals surface area contributed by atoms with Crippen LogP contribution in [0.3, 0.4) is 0 Å². The highest BCUT2D eigenvalue weighted by atomic mass is 32.2. The predicted molar refractivity (Wildman–Crippen MR) is 175 cm³/mol. The summed E-state index contributed by atoms with van der Waals surface area (Å²) in [6, 6.07) is 31.9. The molecule has 0 bridgehead atoms. The number of rotatable bonds is 11. The topological polar surface area (TPSA) is 128 Å². The molecule has 5 aromatic rings. The summed E-state index contributed by atoms with van der Waals surface area (Å²) in [5, 5.41) is 22.0. The zero-order valence-corrected chi connectivity index (χ0v) is 27.1. The minimum atomic E-state index is -3.65. The van der Waals surface area contributed by atoms with Crippen LogP contribution in [0.2, 0.25) is 0 Å². The lowest BCUT2D eigenvalue weighted by Crippen LogP contribution is -2.38. The smallest absolute Gasteiger partial charge is 0.240 e. The zero-order chi connectivity index (χ0) is 32.1. The molecule has 0 saturated carbocycles.